The van der Waals surface area contributed by atoms with Crippen LogP contribution in [0.4, 0.5) is 0 Å². The van der Waals surface area contributed by atoms with Crippen LogP contribution in [0.3, 0.4) is 0 Å². The number of aliphatic hydroxyl groups excluding tert-OH is 1. The predicted molar refractivity (Wildman–Crippen MR) is 73.7 cm³/mol. The van der Waals surface area contributed by atoms with E-state index in [-0.39, 0.29) is 24.5 Å². The largest absolute Gasteiger partial charge is 0.440 e. The van der Waals surface area contributed by atoms with Crippen LogP contribution in [0.25, 0.3) is 10.8 Å². The predicted octanol–water partition coefficient (Wildman–Crippen LogP) is 2.01. The Labute approximate surface area is 115 Å². The zero-order valence-corrected chi connectivity index (χ0v) is 12.1. The summed E-state index contributed by atoms with van der Waals surface area (Å²) in [6.45, 7) is 1.58. The first-order valence-electron chi connectivity index (χ1n) is 5.83. The maximum Gasteiger partial charge on any atom is 0.236 e. The molecular weight excluding hydrogens is 286 g/mol. The second-order valence-electron chi connectivity index (χ2n) is 4.17. The Morgan fingerprint density at radius 1 is 1.47 bits per heavy atom. The van der Waals surface area contributed by atoms with Gasteiger partial charge in [-0.3, -0.25) is 0 Å². The van der Waals surface area contributed by atoms with E-state index in [9.17, 15) is 8.42 Å². The maximum atomic E-state index is 11.8. The number of aryl methyl sites for hydroxylation is 1. The van der Waals surface area contributed by atoms with Crippen molar-refractivity contribution in [3.63, 3.8) is 0 Å². The van der Waals surface area contributed by atoms with Crippen LogP contribution >= 0.6 is 11.3 Å². The Hall–Kier alpha value is -1.18. The molecule has 0 atom stereocenters. The van der Waals surface area contributed by atoms with Crippen LogP contribution in [0.1, 0.15) is 17.9 Å². The monoisotopic (exact) mass is 301 g/mol. The van der Waals surface area contributed by atoms with Crippen LogP contribution in [0.15, 0.2) is 21.9 Å². The molecule has 2 rings (SSSR count). The Morgan fingerprint density at radius 3 is 2.89 bits per heavy atom. The highest BCUT2D eigenvalue weighted by Gasteiger charge is 2.19. The molecule has 2 aromatic rings. The van der Waals surface area contributed by atoms with E-state index in [4.69, 9.17) is 9.52 Å². The number of thiophene rings is 1. The maximum absolute atomic E-state index is 11.8. The lowest BCUT2D eigenvalue weighted by Crippen LogP contribution is -2.11. The van der Waals surface area contributed by atoms with Crippen molar-refractivity contribution >= 4 is 21.2 Å². The quantitative estimate of drug-likeness (QED) is 0.882. The van der Waals surface area contributed by atoms with Gasteiger partial charge in [0.05, 0.1) is 22.1 Å². The number of aliphatic hydroxyl groups is 1. The molecule has 19 heavy (non-hydrogen) atoms. The van der Waals surface area contributed by atoms with Crippen LogP contribution in [0.2, 0.25) is 0 Å². The molecule has 104 valence electrons. The molecule has 2 aromatic heterocycles. The molecule has 0 unspecified atom stereocenters. The molecule has 0 radical (unpaired) electrons. The summed E-state index contributed by atoms with van der Waals surface area (Å²) in [4.78, 5) is 5.12. The molecule has 0 bridgehead atoms. The summed E-state index contributed by atoms with van der Waals surface area (Å²) in [5.41, 5.74) is 0.446. The molecule has 0 saturated heterocycles. The van der Waals surface area contributed by atoms with Gasteiger partial charge in [-0.1, -0.05) is 6.07 Å². The number of hydrogen-bond acceptors (Lipinski definition) is 6. The molecule has 0 aliphatic heterocycles. The van der Waals surface area contributed by atoms with Crippen molar-refractivity contribution < 1.29 is 17.9 Å². The Balaban J connectivity index is 2.18. The molecular formula is C12H15NO4S2. The van der Waals surface area contributed by atoms with E-state index in [0.29, 0.717) is 17.3 Å². The fourth-order valence-electron chi connectivity index (χ4n) is 1.63. The molecule has 0 aliphatic carbocycles. The van der Waals surface area contributed by atoms with E-state index >= 15 is 0 Å². The van der Waals surface area contributed by atoms with Crippen molar-refractivity contribution in [2.45, 2.75) is 19.1 Å². The van der Waals surface area contributed by atoms with Gasteiger partial charge >= 0.3 is 0 Å². The molecule has 0 aromatic carbocycles. The third-order valence-corrected chi connectivity index (χ3v) is 5.08. The molecule has 2 heterocycles. The molecule has 0 spiro atoms. The van der Waals surface area contributed by atoms with Gasteiger partial charge in [0, 0.05) is 6.61 Å². The van der Waals surface area contributed by atoms with Crippen LogP contribution < -0.4 is 0 Å². The van der Waals surface area contributed by atoms with Crippen LogP contribution in [-0.4, -0.2) is 30.9 Å². The van der Waals surface area contributed by atoms with Gasteiger partial charge in [0.25, 0.3) is 0 Å². The van der Waals surface area contributed by atoms with Gasteiger partial charge in [-0.2, -0.15) is 0 Å². The summed E-state index contributed by atoms with van der Waals surface area (Å²) in [6.07, 6.45) is 0.247. The van der Waals surface area contributed by atoms with Crippen molar-refractivity contribution in [3.05, 3.63) is 29.0 Å². The lowest BCUT2D eigenvalue weighted by atomic mass is 10.4. The van der Waals surface area contributed by atoms with Gasteiger partial charge in [0.15, 0.2) is 9.84 Å². The van der Waals surface area contributed by atoms with Gasteiger partial charge in [0.1, 0.15) is 5.76 Å². The molecule has 0 amide bonds. The summed E-state index contributed by atoms with van der Waals surface area (Å²) in [7, 11) is -3.25. The summed E-state index contributed by atoms with van der Waals surface area (Å²) >= 11 is 1.49. The van der Waals surface area contributed by atoms with Gasteiger partial charge in [-0.25, -0.2) is 13.4 Å². The van der Waals surface area contributed by atoms with Crippen LogP contribution in [0, 0.1) is 6.92 Å². The normalized spacial score (nSPS) is 11.9. The zero-order valence-electron chi connectivity index (χ0n) is 10.5. The smallest absolute Gasteiger partial charge is 0.236 e. The zero-order chi connectivity index (χ0) is 13.9. The number of rotatable bonds is 6. The lowest BCUT2D eigenvalue weighted by Gasteiger charge is -2.00. The summed E-state index contributed by atoms with van der Waals surface area (Å²) in [6, 6.07) is 3.76. The second-order valence-corrected chi connectivity index (χ2v) is 7.30. The first-order valence-corrected chi connectivity index (χ1v) is 8.53. The van der Waals surface area contributed by atoms with Gasteiger partial charge in [-0.05, 0) is 24.8 Å². The highest BCUT2D eigenvalue weighted by molar-refractivity contribution is 7.90. The number of aromatic nitrogens is 1. The second kappa shape index (κ2) is 5.85. The molecule has 7 heteroatoms. The third kappa shape index (κ3) is 3.65. The molecule has 0 saturated carbocycles. The highest BCUT2D eigenvalue weighted by atomic mass is 32.2. The third-order valence-electron chi connectivity index (χ3n) is 2.59. The van der Waals surface area contributed by atoms with E-state index in [1.165, 1.54) is 11.3 Å². The Kier molecular flexibility index (Phi) is 4.38. The molecule has 0 fully saturated rings. The minimum atomic E-state index is -3.25. The topological polar surface area (TPSA) is 80.4 Å². The van der Waals surface area contributed by atoms with Crippen molar-refractivity contribution in [1.29, 1.82) is 0 Å². The SMILES string of the molecule is Cc1oc(-c2cccs2)nc1CS(=O)(=O)CCCO. The average molecular weight is 301 g/mol. The Morgan fingerprint density at radius 2 is 2.26 bits per heavy atom. The lowest BCUT2D eigenvalue weighted by molar-refractivity contribution is 0.295. The van der Waals surface area contributed by atoms with Gasteiger partial charge in [-0.15, -0.1) is 11.3 Å². The average Bonchev–Trinajstić information content (AvgIpc) is 2.97. The van der Waals surface area contributed by atoms with E-state index in [1.807, 2.05) is 17.5 Å². The van der Waals surface area contributed by atoms with Gasteiger partial charge < -0.3 is 9.52 Å². The van der Waals surface area contributed by atoms with Crippen molar-refractivity contribution in [3.8, 4) is 10.8 Å². The number of oxazole rings is 1. The number of hydrogen-bond donors (Lipinski definition) is 1. The number of sulfone groups is 1. The minimum Gasteiger partial charge on any atom is -0.440 e. The summed E-state index contributed by atoms with van der Waals surface area (Å²) < 4.78 is 29.1. The number of nitrogens with zero attached hydrogens (tertiary/aromatic N) is 1. The van der Waals surface area contributed by atoms with E-state index in [0.717, 1.165) is 4.88 Å². The standard InChI is InChI=1S/C12H15NO4S2/c1-9-10(8-19(15,16)7-3-5-14)13-12(17-9)11-4-2-6-18-11/h2,4,6,14H,3,5,7-8H2,1H3. The van der Waals surface area contributed by atoms with E-state index < -0.39 is 9.84 Å². The van der Waals surface area contributed by atoms with Crippen LogP contribution in [-0.2, 0) is 15.6 Å². The summed E-state index contributed by atoms with van der Waals surface area (Å²) in [5.74, 6) is 0.800. The van der Waals surface area contributed by atoms with Crippen molar-refractivity contribution in [1.82, 2.24) is 4.98 Å². The van der Waals surface area contributed by atoms with Crippen LogP contribution in [0.5, 0.6) is 0 Å². The first kappa shape index (κ1) is 14.2. The van der Waals surface area contributed by atoms with Crippen molar-refractivity contribution in [2.75, 3.05) is 12.4 Å². The van der Waals surface area contributed by atoms with E-state index in [1.54, 1.807) is 6.92 Å². The fraction of sp³-hybridized carbons (Fsp3) is 0.417. The first-order chi connectivity index (χ1) is 9.02. The molecule has 0 aliphatic rings. The molecule has 5 nitrogen and oxygen atoms in total. The fourth-order valence-corrected chi connectivity index (χ4v) is 3.68. The highest BCUT2D eigenvalue weighted by Crippen LogP contribution is 2.26. The summed E-state index contributed by atoms with van der Waals surface area (Å²) in [5, 5.41) is 10.6. The van der Waals surface area contributed by atoms with E-state index in [2.05, 4.69) is 4.98 Å². The van der Waals surface area contributed by atoms with Crippen molar-refractivity contribution in [2.24, 2.45) is 0 Å². The molecule has 1 N–H and O–H groups in total. The Bertz CT molecular complexity index is 629. The minimum absolute atomic E-state index is 0.0376. The van der Waals surface area contributed by atoms with Gasteiger partial charge in [0.2, 0.25) is 5.89 Å².